The van der Waals surface area contributed by atoms with Crippen molar-refractivity contribution >= 4 is 22.8 Å². The van der Waals surface area contributed by atoms with Crippen molar-refractivity contribution < 1.29 is 0 Å². The van der Waals surface area contributed by atoms with Gasteiger partial charge in [-0.3, -0.25) is 4.98 Å². The molecule has 0 fully saturated rings. The first-order valence-electron chi connectivity index (χ1n) is 9.47. The first-order chi connectivity index (χ1) is 14.8. The highest BCUT2D eigenvalue weighted by Crippen LogP contribution is 2.29. The summed E-state index contributed by atoms with van der Waals surface area (Å²) in [5.41, 5.74) is 5.73. The van der Waals surface area contributed by atoms with Crippen LogP contribution in [0.2, 0.25) is 0 Å². The molecule has 3 heterocycles. The largest absolute Gasteiger partial charge is 0.340 e. The molecule has 0 aliphatic carbocycles. The second-order valence-corrected chi connectivity index (χ2v) is 7.47. The Morgan fingerprint density at radius 1 is 0.667 bits per heavy atom. The lowest BCUT2D eigenvalue weighted by atomic mass is 10.1. The summed E-state index contributed by atoms with van der Waals surface area (Å²) in [5.74, 6) is 0.744. The molecule has 0 aliphatic rings. The summed E-state index contributed by atoms with van der Waals surface area (Å²) in [5, 5.41) is 6.34. The number of aromatic nitrogens is 4. The predicted octanol–water partition coefficient (Wildman–Crippen LogP) is 6.07. The number of benzene rings is 2. The van der Waals surface area contributed by atoms with Gasteiger partial charge in [0, 0.05) is 34.5 Å². The summed E-state index contributed by atoms with van der Waals surface area (Å²) in [7, 11) is 0. The van der Waals surface area contributed by atoms with Crippen LogP contribution in [0.4, 0.5) is 11.5 Å². The lowest BCUT2D eigenvalue weighted by Crippen LogP contribution is -1.95. The van der Waals surface area contributed by atoms with E-state index < -0.39 is 0 Å². The van der Waals surface area contributed by atoms with Gasteiger partial charge in [-0.2, -0.15) is 0 Å². The average molecular weight is 408 g/mol. The van der Waals surface area contributed by atoms with Gasteiger partial charge >= 0.3 is 0 Å². The van der Waals surface area contributed by atoms with Crippen LogP contribution in [0.1, 0.15) is 0 Å². The zero-order chi connectivity index (χ0) is 20.2. The maximum absolute atomic E-state index is 4.76. The molecule has 2 aromatic carbocycles. The van der Waals surface area contributed by atoms with Crippen molar-refractivity contribution in [2.45, 2.75) is 0 Å². The number of nitrogens with one attached hydrogen (secondary N) is 1. The Morgan fingerprint density at radius 2 is 1.53 bits per heavy atom. The van der Waals surface area contributed by atoms with Crippen LogP contribution in [0.3, 0.4) is 0 Å². The normalized spacial score (nSPS) is 10.7. The molecule has 5 rings (SSSR count). The molecule has 30 heavy (non-hydrogen) atoms. The lowest BCUT2D eigenvalue weighted by Gasteiger charge is -2.08. The SMILES string of the molecule is c1ccc(-c2cc(Nc3cccc(-c4csc(-c5ccccn5)n4)c3)ncn2)cc1. The highest BCUT2D eigenvalue weighted by Gasteiger charge is 2.08. The summed E-state index contributed by atoms with van der Waals surface area (Å²) in [6.07, 6.45) is 3.36. The van der Waals surface area contributed by atoms with Gasteiger partial charge in [0.05, 0.1) is 17.1 Å². The van der Waals surface area contributed by atoms with Crippen molar-refractivity contribution in [3.8, 4) is 33.2 Å². The molecule has 0 atom stereocenters. The second kappa shape index (κ2) is 8.23. The highest BCUT2D eigenvalue weighted by atomic mass is 32.1. The van der Waals surface area contributed by atoms with Crippen LogP contribution < -0.4 is 5.32 Å². The van der Waals surface area contributed by atoms with Gasteiger partial charge < -0.3 is 5.32 Å². The van der Waals surface area contributed by atoms with Crippen molar-refractivity contribution in [1.29, 1.82) is 0 Å². The average Bonchev–Trinajstić information content (AvgIpc) is 3.31. The summed E-state index contributed by atoms with van der Waals surface area (Å²) in [4.78, 5) is 17.9. The van der Waals surface area contributed by atoms with E-state index in [0.717, 1.165) is 44.7 Å². The number of anilines is 2. The molecule has 0 radical (unpaired) electrons. The highest BCUT2D eigenvalue weighted by molar-refractivity contribution is 7.13. The lowest BCUT2D eigenvalue weighted by molar-refractivity contribution is 1.17. The van der Waals surface area contributed by atoms with E-state index in [1.54, 1.807) is 23.9 Å². The summed E-state index contributed by atoms with van der Waals surface area (Å²) < 4.78 is 0. The van der Waals surface area contributed by atoms with Gasteiger partial charge in [0.1, 0.15) is 17.2 Å². The number of thiazole rings is 1. The molecule has 0 saturated carbocycles. The minimum Gasteiger partial charge on any atom is -0.340 e. The van der Waals surface area contributed by atoms with Crippen molar-refractivity contribution in [2.24, 2.45) is 0 Å². The van der Waals surface area contributed by atoms with E-state index in [1.165, 1.54) is 0 Å². The van der Waals surface area contributed by atoms with Gasteiger partial charge in [-0.05, 0) is 24.3 Å². The summed E-state index contributed by atoms with van der Waals surface area (Å²) >= 11 is 1.59. The van der Waals surface area contributed by atoms with Crippen LogP contribution in [0, 0.1) is 0 Å². The summed E-state index contributed by atoms with van der Waals surface area (Å²) in [6.45, 7) is 0. The van der Waals surface area contributed by atoms with Crippen LogP contribution in [0.5, 0.6) is 0 Å². The standard InChI is InChI=1S/C24H17N5S/c1-2-7-17(8-3-1)21-14-23(27-16-26-21)28-19-10-6-9-18(13-19)22-15-30-24(29-22)20-11-4-5-12-25-20/h1-16H,(H,26,27,28). The van der Waals surface area contributed by atoms with Gasteiger partial charge in [-0.15, -0.1) is 11.3 Å². The molecule has 1 N–H and O–H groups in total. The Kier molecular flexibility index (Phi) is 4.98. The smallest absolute Gasteiger partial charge is 0.142 e. The maximum Gasteiger partial charge on any atom is 0.142 e. The monoisotopic (exact) mass is 407 g/mol. The molecule has 0 amide bonds. The molecule has 0 bridgehead atoms. The van der Waals surface area contributed by atoms with E-state index in [0.29, 0.717) is 0 Å². The van der Waals surface area contributed by atoms with E-state index in [2.05, 4.69) is 37.8 Å². The van der Waals surface area contributed by atoms with Crippen molar-refractivity contribution in [2.75, 3.05) is 5.32 Å². The Hall–Kier alpha value is -3.90. The second-order valence-electron chi connectivity index (χ2n) is 6.61. The van der Waals surface area contributed by atoms with Crippen LogP contribution in [-0.2, 0) is 0 Å². The van der Waals surface area contributed by atoms with Crippen molar-refractivity contribution in [3.63, 3.8) is 0 Å². The van der Waals surface area contributed by atoms with Crippen LogP contribution in [0.15, 0.2) is 96.8 Å². The molecule has 0 spiro atoms. The Balaban J connectivity index is 1.39. The molecule has 5 nitrogen and oxygen atoms in total. The van der Waals surface area contributed by atoms with E-state index >= 15 is 0 Å². The van der Waals surface area contributed by atoms with Crippen LogP contribution >= 0.6 is 11.3 Å². The summed E-state index contributed by atoms with van der Waals surface area (Å²) in [6, 6.07) is 26.0. The Labute approximate surface area is 178 Å². The maximum atomic E-state index is 4.76. The van der Waals surface area contributed by atoms with Gasteiger partial charge in [-0.1, -0.05) is 48.5 Å². The Morgan fingerprint density at radius 3 is 2.40 bits per heavy atom. The molecule has 0 unspecified atom stereocenters. The molecular weight excluding hydrogens is 390 g/mol. The minimum absolute atomic E-state index is 0.744. The molecule has 144 valence electrons. The van der Waals surface area contributed by atoms with Crippen molar-refractivity contribution in [3.05, 3.63) is 96.8 Å². The molecule has 0 saturated heterocycles. The third-order valence-electron chi connectivity index (χ3n) is 4.56. The molecular formula is C24H17N5S. The molecule has 6 heteroatoms. The number of pyridine rings is 1. The first kappa shape index (κ1) is 18.1. The number of hydrogen-bond acceptors (Lipinski definition) is 6. The fourth-order valence-electron chi connectivity index (χ4n) is 3.11. The number of nitrogens with zero attached hydrogens (tertiary/aromatic N) is 4. The molecule has 0 aliphatic heterocycles. The Bertz CT molecular complexity index is 1270. The van der Waals surface area contributed by atoms with E-state index in [-0.39, 0.29) is 0 Å². The van der Waals surface area contributed by atoms with Crippen LogP contribution in [0.25, 0.3) is 33.2 Å². The van der Waals surface area contributed by atoms with E-state index in [9.17, 15) is 0 Å². The fraction of sp³-hybridized carbons (Fsp3) is 0. The zero-order valence-corrected chi connectivity index (χ0v) is 16.8. The molecule has 3 aromatic heterocycles. The van der Waals surface area contributed by atoms with Gasteiger partial charge in [0.15, 0.2) is 0 Å². The van der Waals surface area contributed by atoms with E-state index in [4.69, 9.17) is 4.98 Å². The minimum atomic E-state index is 0.744. The van der Waals surface area contributed by atoms with Crippen molar-refractivity contribution in [1.82, 2.24) is 19.9 Å². The predicted molar refractivity (Wildman–Crippen MR) is 122 cm³/mol. The van der Waals surface area contributed by atoms with Gasteiger partial charge in [-0.25, -0.2) is 15.0 Å². The zero-order valence-electron chi connectivity index (χ0n) is 15.9. The quantitative estimate of drug-likeness (QED) is 0.383. The fourth-order valence-corrected chi connectivity index (χ4v) is 3.91. The first-order valence-corrected chi connectivity index (χ1v) is 10.3. The van der Waals surface area contributed by atoms with E-state index in [1.807, 2.05) is 66.7 Å². The third kappa shape index (κ3) is 3.94. The van der Waals surface area contributed by atoms with Gasteiger partial charge in [0.25, 0.3) is 0 Å². The third-order valence-corrected chi connectivity index (χ3v) is 5.42. The van der Waals surface area contributed by atoms with Crippen LogP contribution in [-0.4, -0.2) is 19.9 Å². The van der Waals surface area contributed by atoms with Gasteiger partial charge in [0.2, 0.25) is 0 Å². The number of hydrogen-bond donors (Lipinski definition) is 1. The number of rotatable bonds is 5. The topological polar surface area (TPSA) is 63.6 Å². The molecule has 5 aromatic rings.